The summed E-state index contributed by atoms with van der Waals surface area (Å²) in [5, 5.41) is 8.77. The second-order valence-electron chi connectivity index (χ2n) is 4.61. The van der Waals surface area contributed by atoms with E-state index in [-0.39, 0.29) is 5.69 Å². The molecule has 0 unspecified atom stereocenters. The highest BCUT2D eigenvalue weighted by molar-refractivity contribution is 5.94. The molecule has 0 spiro atoms. The summed E-state index contributed by atoms with van der Waals surface area (Å²) in [5.41, 5.74) is 2.35. The Hall–Kier alpha value is -2.95. The van der Waals surface area contributed by atoms with Crippen LogP contribution in [-0.4, -0.2) is 27.6 Å². The number of aromatic nitrogens is 3. The number of para-hydroxylation sites is 1. The third-order valence-corrected chi connectivity index (χ3v) is 3.12. The van der Waals surface area contributed by atoms with Crippen LogP contribution in [0.1, 0.15) is 17.4 Å². The van der Waals surface area contributed by atoms with Crippen LogP contribution >= 0.6 is 0 Å². The predicted molar refractivity (Wildman–Crippen MR) is 82.8 cm³/mol. The highest BCUT2D eigenvalue weighted by atomic mass is 16.5. The van der Waals surface area contributed by atoms with Crippen LogP contribution < -0.4 is 0 Å². The molecule has 0 saturated heterocycles. The zero-order valence-electron chi connectivity index (χ0n) is 12.1. The third kappa shape index (κ3) is 2.74. The summed E-state index contributed by atoms with van der Waals surface area (Å²) in [6.07, 6.45) is 0. The second-order valence-corrected chi connectivity index (χ2v) is 4.61. The molecule has 0 aliphatic carbocycles. The van der Waals surface area contributed by atoms with Crippen molar-refractivity contribution in [3.8, 4) is 16.9 Å². The molecule has 1 aromatic heterocycles. The van der Waals surface area contributed by atoms with Gasteiger partial charge in [-0.25, -0.2) is 4.79 Å². The van der Waals surface area contributed by atoms with Crippen LogP contribution in [0.15, 0.2) is 60.7 Å². The van der Waals surface area contributed by atoms with E-state index in [1.165, 1.54) is 4.80 Å². The molecule has 0 fully saturated rings. The van der Waals surface area contributed by atoms with Crippen molar-refractivity contribution in [1.82, 2.24) is 15.0 Å². The van der Waals surface area contributed by atoms with Gasteiger partial charge in [-0.2, -0.15) is 4.80 Å². The Kier molecular flexibility index (Phi) is 3.96. The largest absolute Gasteiger partial charge is 0.461 e. The molecule has 0 bridgehead atoms. The summed E-state index contributed by atoms with van der Waals surface area (Å²) in [5.74, 6) is -0.469. The summed E-state index contributed by atoms with van der Waals surface area (Å²) in [6.45, 7) is 2.06. The van der Waals surface area contributed by atoms with Crippen molar-refractivity contribution in [2.75, 3.05) is 6.61 Å². The number of esters is 1. The van der Waals surface area contributed by atoms with E-state index < -0.39 is 5.97 Å². The van der Waals surface area contributed by atoms with Crippen LogP contribution in [0, 0.1) is 0 Å². The topological polar surface area (TPSA) is 57.0 Å². The Labute approximate surface area is 128 Å². The van der Waals surface area contributed by atoms with E-state index in [0.717, 1.165) is 11.3 Å². The molecule has 0 aliphatic rings. The van der Waals surface area contributed by atoms with Gasteiger partial charge in [-0.15, -0.1) is 10.2 Å². The van der Waals surface area contributed by atoms with Gasteiger partial charge in [0, 0.05) is 5.56 Å². The van der Waals surface area contributed by atoms with Crippen molar-refractivity contribution in [3.63, 3.8) is 0 Å². The van der Waals surface area contributed by atoms with Gasteiger partial charge in [0.1, 0.15) is 5.69 Å². The van der Waals surface area contributed by atoms with Crippen LogP contribution in [0.4, 0.5) is 0 Å². The van der Waals surface area contributed by atoms with E-state index in [1.807, 2.05) is 60.7 Å². The first-order valence-corrected chi connectivity index (χ1v) is 7.05. The Morgan fingerprint density at radius 1 is 1.00 bits per heavy atom. The van der Waals surface area contributed by atoms with Crippen LogP contribution in [-0.2, 0) is 4.74 Å². The minimum atomic E-state index is -0.469. The lowest BCUT2D eigenvalue weighted by atomic mass is 10.1. The highest BCUT2D eigenvalue weighted by Crippen LogP contribution is 2.22. The molecule has 3 aromatic rings. The van der Waals surface area contributed by atoms with Crippen molar-refractivity contribution >= 4 is 5.97 Å². The molecular weight excluding hydrogens is 278 g/mol. The molecule has 22 heavy (non-hydrogen) atoms. The maximum Gasteiger partial charge on any atom is 0.361 e. The maximum atomic E-state index is 12.1. The maximum absolute atomic E-state index is 12.1. The zero-order chi connectivity index (χ0) is 15.4. The van der Waals surface area contributed by atoms with E-state index in [9.17, 15) is 4.79 Å². The average Bonchev–Trinajstić information content (AvgIpc) is 3.02. The molecule has 0 radical (unpaired) electrons. The highest BCUT2D eigenvalue weighted by Gasteiger charge is 2.21. The fraction of sp³-hybridized carbons (Fsp3) is 0.118. The second kappa shape index (κ2) is 6.22. The first-order chi connectivity index (χ1) is 10.8. The van der Waals surface area contributed by atoms with Gasteiger partial charge in [0.25, 0.3) is 0 Å². The van der Waals surface area contributed by atoms with Crippen LogP contribution in [0.3, 0.4) is 0 Å². The first kappa shape index (κ1) is 14.0. The molecule has 0 atom stereocenters. The first-order valence-electron chi connectivity index (χ1n) is 7.05. The van der Waals surface area contributed by atoms with E-state index in [0.29, 0.717) is 12.3 Å². The lowest BCUT2D eigenvalue weighted by Crippen LogP contribution is -2.07. The van der Waals surface area contributed by atoms with E-state index in [1.54, 1.807) is 6.92 Å². The van der Waals surface area contributed by atoms with Gasteiger partial charge in [0.15, 0.2) is 5.69 Å². The predicted octanol–water partition coefficient (Wildman–Crippen LogP) is 3.11. The van der Waals surface area contributed by atoms with Crippen molar-refractivity contribution in [2.45, 2.75) is 6.92 Å². The SMILES string of the molecule is CCOC(=O)c1nn(-c2ccccc2)nc1-c1ccccc1. The molecule has 2 aromatic carbocycles. The summed E-state index contributed by atoms with van der Waals surface area (Å²) in [4.78, 5) is 13.6. The molecule has 0 aliphatic heterocycles. The lowest BCUT2D eigenvalue weighted by Gasteiger charge is -2.00. The minimum absolute atomic E-state index is 0.219. The van der Waals surface area contributed by atoms with Crippen molar-refractivity contribution in [1.29, 1.82) is 0 Å². The third-order valence-electron chi connectivity index (χ3n) is 3.12. The molecule has 0 amide bonds. The molecule has 110 valence electrons. The van der Waals surface area contributed by atoms with Crippen LogP contribution in [0.25, 0.3) is 16.9 Å². The summed E-state index contributed by atoms with van der Waals surface area (Å²) < 4.78 is 5.08. The Balaban J connectivity index is 2.11. The van der Waals surface area contributed by atoms with Crippen molar-refractivity contribution in [3.05, 3.63) is 66.4 Å². The van der Waals surface area contributed by atoms with E-state index in [4.69, 9.17) is 4.74 Å². The van der Waals surface area contributed by atoms with Gasteiger partial charge < -0.3 is 4.74 Å². The minimum Gasteiger partial charge on any atom is -0.461 e. The molecule has 3 rings (SSSR count). The number of hydrogen-bond acceptors (Lipinski definition) is 4. The van der Waals surface area contributed by atoms with Gasteiger partial charge in [-0.3, -0.25) is 0 Å². The molecule has 0 N–H and O–H groups in total. The number of carbonyl (C=O) groups excluding carboxylic acids is 1. The number of carbonyl (C=O) groups is 1. The monoisotopic (exact) mass is 293 g/mol. The Morgan fingerprint density at radius 2 is 1.64 bits per heavy atom. The summed E-state index contributed by atoms with van der Waals surface area (Å²) in [6, 6.07) is 18.9. The Bertz CT molecular complexity index is 767. The zero-order valence-corrected chi connectivity index (χ0v) is 12.1. The summed E-state index contributed by atoms with van der Waals surface area (Å²) in [7, 11) is 0. The van der Waals surface area contributed by atoms with Crippen LogP contribution in [0.5, 0.6) is 0 Å². The van der Waals surface area contributed by atoms with Crippen LogP contribution in [0.2, 0.25) is 0 Å². The average molecular weight is 293 g/mol. The number of nitrogens with zero attached hydrogens (tertiary/aromatic N) is 3. The van der Waals surface area contributed by atoms with Gasteiger partial charge in [-0.05, 0) is 19.1 Å². The Morgan fingerprint density at radius 3 is 2.27 bits per heavy atom. The molecule has 5 nitrogen and oxygen atoms in total. The van der Waals surface area contributed by atoms with Crippen molar-refractivity contribution < 1.29 is 9.53 Å². The van der Waals surface area contributed by atoms with Gasteiger partial charge in [0.2, 0.25) is 0 Å². The standard InChI is InChI=1S/C17H15N3O2/c1-2-22-17(21)16-15(13-9-5-3-6-10-13)18-20(19-16)14-11-7-4-8-12-14/h3-12H,2H2,1H3. The van der Waals surface area contributed by atoms with E-state index in [2.05, 4.69) is 10.2 Å². The molecule has 5 heteroatoms. The number of benzene rings is 2. The molecule has 0 saturated carbocycles. The normalized spacial score (nSPS) is 10.4. The molecule has 1 heterocycles. The number of rotatable bonds is 4. The molecular formula is C17H15N3O2. The van der Waals surface area contributed by atoms with Gasteiger partial charge in [0.05, 0.1) is 12.3 Å². The number of ether oxygens (including phenoxy) is 1. The van der Waals surface area contributed by atoms with Crippen molar-refractivity contribution in [2.24, 2.45) is 0 Å². The summed E-state index contributed by atoms with van der Waals surface area (Å²) >= 11 is 0. The number of hydrogen-bond donors (Lipinski definition) is 0. The van der Waals surface area contributed by atoms with E-state index >= 15 is 0 Å². The lowest BCUT2D eigenvalue weighted by molar-refractivity contribution is 0.0520. The smallest absolute Gasteiger partial charge is 0.361 e. The van der Waals surface area contributed by atoms with Gasteiger partial charge in [-0.1, -0.05) is 48.5 Å². The van der Waals surface area contributed by atoms with Gasteiger partial charge >= 0.3 is 5.97 Å². The fourth-order valence-corrected chi connectivity index (χ4v) is 2.11. The fourth-order valence-electron chi connectivity index (χ4n) is 2.11. The quantitative estimate of drug-likeness (QED) is 0.694.